The Hall–Kier alpha value is -4.50. The van der Waals surface area contributed by atoms with Crippen molar-refractivity contribution in [1.29, 1.82) is 5.26 Å². The molecular weight excluding hydrogens is 422 g/mol. The summed E-state index contributed by atoms with van der Waals surface area (Å²) in [5.41, 5.74) is 4.28. The van der Waals surface area contributed by atoms with Crippen LogP contribution in [0.4, 0.5) is 4.79 Å². The zero-order valence-corrected chi connectivity index (χ0v) is 18.9. The van der Waals surface area contributed by atoms with E-state index in [4.69, 9.17) is 0 Å². The predicted molar refractivity (Wildman–Crippen MR) is 131 cm³/mol. The molecule has 1 atom stereocenters. The van der Waals surface area contributed by atoms with Crippen molar-refractivity contribution in [2.45, 2.75) is 18.5 Å². The van der Waals surface area contributed by atoms with E-state index in [1.807, 2.05) is 72.8 Å². The lowest BCUT2D eigenvalue weighted by molar-refractivity contribution is 0.201. The standard InChI is InChI=1S/C28H25N5O/c1-33(20-21-8-3-2-4-9-21)28(34)32-27(23-11-5-10-22(16-23)17-29)26(24-12-6-14-30-18-24)25-13-7-15-31-19-25/h2-16,18-19,26-27H,20H2,1H3,(H,32,34). The van der Waals surface area contributed by atoms with Crippen LogP contribution in [0.5, 0.6) is 0 Å². The SMILES string of the molecule is CN(Cc1ccccc1)C(=O)NC(c1cccc(C#N)c1)C(c1cccnc1)c1cccnc1. The Morgan fingerprint density at radius 1 is 0.912 bits per heavy atom. The molecule has 34 heavy (non-hydrogen) atoms. The lowest BCUT2D eigenvalue weighted by atomic mass is 9.82. The van der Waals surface area contributed by atoms with Gasteiger partial charge in [-0.15, -0.1) is 0 Å². The van der Waals surface area contributed by atoms with Crippen LogP contribution >= 0.6 is 0 Å². The first-order valence-electron chi connectivity index (χ1n) is 11.0. The van der Waals surface area contributed by atoms with Crippen molar-refractivity contribution in [3.8, 4) is 6.07 Å². The maximum atomic E-state index is 13.4. The van der Waals surface area contributed by atoms with Crippen molar-refractivity contribution in [3.05, 3.63) is 131 Å². The summed E-state index contributed by atoms with van der Waals surface area (Å²) in [7, 11) is 1.77. The van der Waals surface area contributed by atoms with Gasteiger partial charge in [-0.25, -0.2) is 4.79 Å². The number of rotatable bonds is 7. The van der Waals surface area contributed by atoms with Gasteiger partial charge in [0.25, 0.3) is 0 Å². The largest absolute Gasteiger partial charge is 0.330 e. The number of pyridine rings is 2. The van der Waals surface area contributed by atoms with Crippen molar-refractivity contribution >= 4 is 6.03 Å². The van der Waals surface area contributed by atoms with Gasteiger partial charge in [0.15, 0.2) is 0 Å². The van der Waals surface area contributed by atoms with Crippen LogP contribution in [0.25, 0.3) is 0 Å². The fourth-order valence-electron chi connectivity index (χ4n) is 4.03. The van der Waals surface area contributed by atoms with Crippen LogP contribution in [0.15, 0.2) is 104 Å². The summed E-state index contributed by atoms with van der Waals surface area (Å²) >= 11 is 0. The van der Waals surface area contributed by atoms with Gasteiger partial charge in [-0.2, -0.15) is 5.26 Å². The zero-order valence-electron chi connectivity index (χ0n) is 18.9. The average molecular weight is 448 g/mol. The molecule has 6 heteroatoms. The quantitative estimate of drug-likeness (QED) is 0.429. The number of hydrogen-bond acceptors (Lipinski definition) is 4. The number of nitrogens with zero attached hydrogens (tertiary/aromatic N) is 4. The van der Waals surface area contributed by atoms with Crippen LogP contribution < -0.4 is 5.32 Å². The Bertz CT molecular complexity index is 1220. The molecule has 6 nitrogen and oxygen atoms in total. The van der Waals surface area contributed by atoms with Crippen LogP contribution in [0.1, 0.15) is 39.8 Å². The third-order valence-corrected chi connectivity index (χ3v) is 5.68. The monoisotopic (exact) mass is 447 g/mol. The molecule has 168 valence electrons. The molecule has 0 fully saturated rings. The first-order chi connectivity index (χ1) is 16.7. The third kappa shape index (κ3) is 5.45. The molecule has 0 radical (unpaired) electrons. The number of aromatic nitrogens is 2. The Kier molecular flexibility index (Phi) is 7.26. The van der Waals surface area contributed by atoms with Crippen molar-refractivity contribution in [3.63, 3.8) is 0 Å². The van der Waals surface area contributed by atoms with Crippen molar-refractivity contribution in [2.75, 3.05) is 7.05 Å². The minimum atomic E-state index is -0.451. The predicted octanol–water partition coefficient (Wildman–Crippen LogP) is 5.06. The molecule has 0 aliphatic rings. The van der Waals surface area contributed by atoms with E-state index in [1.165, 1.54) is 0 Å². The van der Waals surface area contributed by atoms with Gasteiger partial charge >= 0.3 is 6.03 Å². The maximum absolute atomic E-state index is 13.4. The summed E-state index contributed by atoms with van der Waals surface area (Å²) in [6.07, 6.45) is 7.06. The molecule has 4 rings (SSSR count). The highest BCUT2D eigenvalue weighted by Crippen LogP contribution is 2.36. The topological polar surface area (TPSA) is 81.9 Å². The average Bonchev–Trinajstić information content (AvgIpc) is 2.90. The first-order valence-corrected chi connectivity index (χ1v) is 11.0. The Morgan fingerprint density at radius 2 is 1.56 bits per heavy atom. The number of amides is 2. The molecule has 2 heterocycles. The normalized spacial score (nSPS) is 11.4. The fourth-order valence-corrected chi connectivity index (χ4v) is 4.03. The molecule has 2 amide bonds. The molecule has 0 spiro atoms. The van der Waals surface area contributed by atoms with E-state index in [9.17, 15) is 10.1 Å². The second kappa shape index (κ2) is 10.9. The molecule has 0 saturated heterocycles. The van der Waals surface area contributed by atoms with Crippen molar-refractivity contribution < 1.29 is 4.79 Å². The van der Waals surface area contributed by atoms with E-state index in [2.05, 4.69) is 21.4 Å². The molecule has 0 saturated carbocycles. The molecule has 0 aliphatic heterocycles. The van der Waals surface area contributed by atoms with Crippen LogP contribution in [0.3, 0.4) is 0 Å². The molecule has 0 bridgehead atoms. The molecule has 1 unspecified atom stereocenters. The van der Waals surface area contributed by atoms with E-state index in [0.717, 1.165) is 22.3 Å². The number of carbonyl (C=O) groups is 1. The van der Waals surface area contributed by atoms with E-state index >= 15 is 0 Å². The highest BCUT2D eigenvalue weighted by atomic mass is 16.2. The van der Waals surface area contributed by atoms with Crippen LogP contribution in [-0.4, -0.2) is 27.9 Å². The zero-order chi connectivity index (χ0) is 23.8. The molecule has 1 N–H and O–H groups in total. The highest BCUT2D eigenvalue weighted by Gasteiger charge is 2.29. The lowest BCUT2D eigenvalue weighted by Gasteiger charge is -2.31. The van der Waals surface area contributed by atoms with Gasteiger partial charge in [0, 0.05) is 44.3 Å². The van der Waals surface area contributed by atoms with Gasteiger partial charge in [0.05, 0.1) is 17.7 Å². The summed E-state index contributed by atoms with van der Waals surface area (Å²) in [6.45, 7) is 0.474. The van der Waals surface area contributed by atoms with Gasteiger partial charge in [-0.1, -0.05) is 54.6 Å². The van der Waals surface area contributed by atoms with Gasteiger partial charge in [0.2, 0.25) is 0 Å². The van der Waals surface area contributed by atoms with Gasteiger partial charge in [0.1, 0.15) is 0 Å². The number of carbonyl (C=O) groups excluding carboxylic acids is 1. The fraction of sp³-hybridized carbons (Fsp3) is 0.143. The maximum Gasteiger partial charge on any atom is 0.317 e. The van der Waals surface area contributed by atoms with Crippen molar-refractivity contribution in [1.82, 2.24) is 20.2 Å². The Balaban J connectivity index is 1.73. The molecule has 0 aliphatic carbocycles. The number of nitrogens with one attached hydrogen (secondary N) is 1. The molecule has 2 aromatic heterocycles. The summed E-state index contributed by atoms with van der Waals surface area (Å²) < 4.78 is 0. The molecular formula is C28H25N5O. The summed E-state index contributed by atoms with van der Waals surface area (Å²) in [6, 6.07) is 26.5. The minimum absolute atomic E-state index is 0.214. The Labute approximate surface area is 199 Å². The lowest BCUT2D eigenvalue weighted by Crippen LogP contribution is -2.41. The molecule has 2 aromatic carbocycles. The van der Waals surface area contributed by atoms with E-state index < -0.39 is 6.04 Å². The smallest absolute Gasteiger partial charge is 0.317 e. The van der Waals surface area contributed by atoms with E-state index in [0.29, 0.717) is 12.1 Å². The van der Waals surface area contributed by atoms with Crippen LogP contribution in [0, 0.1) is 11.3 Å². The summed E-state index contributed by atoms with van der Waals surface area (Å²) in [5, 5.41) is 12.7. The summed E-state index contributed by atoms with van der Waals surface area (Å²) in [5.74, 6) is -0.259. The van der Waals surface area contributed by atoms with Gasteiger partial charge in [-0.05, 0) is 46.5 Å². The van der Waals surface area contributed by atoms with Gasteiger partial charge < -0.3 is 10.2 Å². The number of nitriles is 1. The highest BCUT2D eigenvalue weighted by molar-refractivity contribution is 5.75. The van der Waals surface area contributed by atoms with Crippen LogP contribution in [-0.2, 0) is 6.54 Å². The van der Waals surface area contributed by atoms with Crippen LogP contribution in [0.2, 0.25) is 0 Å². The number of hydrogen-bond donors (Lipinski definition) is 1. The third-order valence-electron chi connectivity index (χ3n) is 5.68. The number of benzene rings is 2. The second-order valence-electron chi connectivity index (χ2n) is 8.06. The van der Waals surface area contributed by atoms with Crippen molar-refractivity contribution in [2.24, 2.45) is 0 Å². The second-order valence-corrected chi connectivity index (χ2v) is 8.06. The van der Waals surface area contributed by atoms with E-state index in [1.54, 1.807) is 42.8 Å². The van der Waals surface area contributed by atoms with Gasteiger partial charge in [-0.3, -0.25) is 9.97 Å². The minimum Gasteiger partial charge on any atom is -0.330 e. The summed E-state index contributed by atoms with van der Waals surface area (Å²) in [4.78, 5) is 23.7. The Morgan fingerprint density at radius 3 is 2.15 bits per heavy atom. The van der Waals surface area contributed by atoms with E-state index in [-0.39, 0.29) is 11.9 Å². The first kappa shape index (κ1) is 22.7. The molecule has 4 aromatic rings. The number of urea groups is 1.